The second kappa shape index (κ2) is 9.28. The van der Waals surface area contributed by atoms with Gasteiger partial charge in [-0.05, 0) is 72.9 Å². The van der Waals surface area contributed by atoms with Gasteiger partial charge in [0.05, 0.1) is 11.3 Å². The minimum atomic E-state index is -4.65. The van der Waals surface area contributed by atoms with Gasteiger partial charge in [-0.15, -0.1) is 0 Å². The molecule has 1 unspecified atom stereocenters. The van der Waals surface area contributed by atoms with Crippen molar-refractivity contribution >= 4 is 15.9 Å². The van der Waals surface area contributed by atoms with E-state index in [2.05, 4.69) is 4.72 Å². The van der Waals surface area contributed by atoms with Gasteiger partial charge in [0.25, 0.3) is 0 Å². The van der Waals surface area contributed by atoms with Gasteiger partial charge in [-0.3, -0.25) is 4.79 Å². The molecule has 3 aromatic rings. The first kappa shape index (κ1) is 25.2. The summed E-state index contributed by atoms with van der Waals surface area (Å²) in [5, 5.41) is 9.61. The number of ether oxygens (including phenoxy) is 1. The molecule has 1 aliphatic rings. The number of carbonyl (C=O) groups is 1. The molecule has 0 aliphatic carbocycles. The molecule has 2 atom stereocenters. The van der Waals surface area contributed by atoms with Gasteiger partial charge >= 0.3 is 5.97 Å². The van der Waals surface area contributed by atoms with E-state index in [4.69, 9.17) is 4.74 Å². The summed E-state index contributed by atoms with van der Waals surface area (Å²) in [6.07, 6.45) is -0.434. The molecule has 1 aliphatic heterocycles. The maximum absolute atomic E-state index is 13.7. The number of fused-ring (bicyclic) bond motifs is 1. The number of aryl methyl sites for hydroxylation is 2. The second-order valence-electron chi connectivity index (χ2n) is 9.45. The normalized spacial score (nSPS) is 20.4. The third-order valence-corrected chi connectivity index (χ3v) is 9.81. The predicted octanol–water partition coefficient (Wildman–Crippen LogP) is 5.91. The van der Waals surface area contributed by atoms with Crippen LogP contribution in [0.15, 0.2) is 65.6 Å². The van der Waals surface area contributed by atoms with E-state index in [1.165, 1.54) is 12.1 Å². The third-order valence-electron chi connectivity index (χ3n) is 6.64. The molecular weight excluding hydrogens is 469 g/mol. The molecule has 4 N–H and O–H groups in total. The highest BCUT2D eigenvalue weighted by molar-refractivity contribution is 8.38. The van der Waals surface area contributed by atoms with Crippen LogP contribution in [0, 0.1) is 19.7 Å². The molecule has 0 spiro atoms. The van der Waals surface area contributed by atoms with Crippen LogP contribution in [0.4, 0.5) is 4.39 Å². The number of nitrogens with one attached hydrogen (secondary N) is 1. The van der Waals surface area contributed by atoms with E-state index in [1.807, 2.05) is 32.0 Å². The standard InChI is InChI=1S/C27H32FNO5S/c1-17-8-9-20(24(14-27(30)31)23-11-10-22(28)12-18(23)2)13-21(17)16-35(32,33)26-7-5-4-6-25(26)34-19(3)15-29-35/h4-13,19,24,29,32-33,35H,14-16H2,1-3H3,(H,30,31)/t19-,24?/m1/s1. The Bertz CT molecular complexity index is 1280. The topological polar surface area (TPSA) is 99.0 Å². The molecule has 0 bridgehead atoms. The van der Waals surface area contributed by atoms with Gasteiger partial charge in [-0.1, -0.05) is 36.4 Å². The molecule has 35 heavy (non-hydrogen) atoms. The summed E-state index contributed by atoms with van der Waals surface area (Å²) in [5.74, 6) is -1.50. The summed E-state index contributed by atoms with van der Waals surface area (Å²) in [6.45, 7) is 5.76. The van der Waals surface area contributed by atoms with Crippen LogP contribution in [-0.2, 0) is 10.5 Å². The minimum Gasteiger partial charge on any atom is -0.487 e. The lowest BCUT2D eigenvalue weighted by Crippen LogP contribution is -2.38. The second-order valence-corrected chi connectivity index (χ2v) is 13.0. The highest BCUT2D eigenvalue weighted by Crippen LogP contribution is 2.70. The van der Waals surface area contributed by atoms with Crippen molar-refractivity contribution in [2.24, 2.45) is 0 Å². The molecule has 0 saturated carbocycles. The molecule has 4 rings (SSSR count). The van der Waals surface area contributed by atoms with E-state index in [1.54, 1.807) is 37.3 Å². The van der Waals surface area contributed by atoms with Crippen LogP contribution in [0.3, 0.4) is 0 Å². The average molecular weight is 502 g/mol. The van der Waals surface area contributed by atoms with Crippen LogP contribution >= 0.6 is 9.91 Å². The van der Waals surface area contributed by atoms with Crippen LogP contribution in [0.25, 0.3) is 0 Å². The summed E-state index contributed by atoms with van der Waals surface area (Å²) < 4.78 is 46.5. The van der Waals surface area contributed by atoms with Crippen molar-refractivity contribution in [2.75, 3.05) is 6.54 Å². The summed E-state index contributed by atoms with van der Waals surface area (Å²) in [6, 6.07) is 16.8. The van der Waals surface area contributed by atoms with Crippen molar-refractivity contribution in [1.29, 1.82) is 0 Å². The van der Waals surface area contributed by atoms with Gasteiger partial charge in [0.15, 0.2) is 0 Å². The van der Waals surface area contributed by atoms with Crippen molar-refractivity contribution in [3.8, 4) is 5.75 Å². The number of benzene rings is 3. The minimum absolute atomic E-state index is 0.0689. The van der Waals surface area contributed by atoms with E-state index in [0.29, 0.717) is 27.3 Å². The number of para-hydroxylation sites is 1. The molecule has 0 radical (unpaired) electrons. The Hall–Kier alpha value is -2.91. The molecular formula is C27H32FNO5S. The number of aliphatic carboxylic acids is 1. The van der Waals surface area contributed by atoms with Gasteiger partial charge in [0.1, 0.15) is 17.7 Å². The Balaban J connectivity index is 1.80. The molecule has 3 aromatic carbocycles. The first-order chi connectivity index (χ1) is 16.4. The molecule has 0 aromatic heterocycles. The van der Waals surface area contributed by atoms with Crippen molar-refractivity contribution in [3.63, 3.8) is 0 Å². The molecule has 0 fully saturated rings. The molecule has 0 saturated heterocycles. The Kier molecular flexibility index (Phi) is 6.68. The lowest BCUT2D eigenvalue weighted by molar-refractivity contribution is -0.137. The summed E-state index contributed by atoms with van der Waals surface area (Å²) in [5.41, 5.74) is 3.64. The zero-order chi connectivity index (χ0) is 25.4. The molecule has 8 heteroatoms. The number of thiol groups is 1. The lowest BCUT2D eigenvalue weighted by Gasteiger charge is -2.59. The monoisotopic (exact) mass is 501 g/mol. The van der Waals surface area contributed by atoms with Gasteiger partial charge in [-0.2, -0.15) is 0 Å². The number of rotatable bonds is 6. The van der Waals surface area contributed by atoms with Crippen LogP contribution in [0.5, 0.6) is 5.75 Å². The fraction of sp³-hybridized carbons (Fsp3) is 0.296. The Morgan fingerprint density at radius 1 is 1.11 bits per heavy atom. The number of hydrogen-bond donors (Lipinski definition) is 5. The van der Waals surface area contributed by atoms with Crippen molar-refractivity contribution in [1.82, 2.24) is 4.72 Å². The maximum Gasteiger partial charge on any atom is 0.304 e. The smallest absolute Gasteiger partial charge is 0.304 e. The van der Waals surface area contributed by atoms with Crippen molar-refractivity contribution in [3.05, 3.63) is 94.3 Å². The Morgan fingerprint density at radius 2 is 1.86 bits per heavy atom. The number of hydrogen-bond acceptors (Lipinski definition) is 5. The predicted molar refractivity (Wildman–Crippen MR) is 137 cm³/mol. The Morgan fingerprint density at radius 3 is 2.57 bits per heavy atom. The quantitative estimate of drug-likeness (QED) is 0.269. The SMILES string of the molecule is Cc1ccc(C(CC(=O)O)c2ccc(F)cc2C)cc1C[SH]1(O)(O)NC[C@@H](C)Oc2ccccc21. The van der Waals surface area contributed by atoms with E-state index in [9.17, 15) is 23.4 Å². The van der Waals surface area contributed by atoms with E-state index >= 15 is 0 Å². The first-order valence-electron chi connectivity index (χ1n) is 11.6. The van der Waals surface area contributed by atoms with Crippen molar-refractivity contribution < 1.29 is 28.1 Å². The van der Waals surface area contributed by atoms with E-state index in [0.717, 1.165) is 11.1 Å². The molecule has 6 nitrogen and oxygen atoms in total. The fourth-order valence-electron chi connectivity index (χ4n) is 4.76. The van der Waals surface area contributed by atoms with Crippen LogP contribution in [-0.4, -0.2) is 32.8 Å². The lowest BCUT2D eigenvalue weighted by atomic mass is 9.85. The van der Waals surface area contributed by atoms with Gasteiger partial charge in [0.2, 0.25) is 0 Å². The van der Waals surface area contributed by atoms with E-state index < -0.39 is 21.8 Å². The van der Waals surface area contributed by atoms with Crippen LogP contribution in [0.2, 0.25) is 0 Å². The van der Waals surface area contributed by atoms with Crippen LogP contribution < -0.4 is 9.46 Å². The summed E-state index contributed by atoms with van der Waals surface area (Å²) >= 11 is 0. The van der Waals surface area contributed by atoms with Crippen molar-refractivity contribution in [2.45, 2.75) is 49.9 Å². The largest absolute Gasteiger partial charge is 0.487 e. The number of halogens is 1. The average Bonchev–Trinajstić information content (AvgIpc) is 2.88. The summed E-state index contributed by atoms with van der Waals surface area (Å²) in [4.78, 5) is 12.1. The highest BCUT2D eigenvalue weighted by Gasteiger charge is 2.37. The molecule has 1 heterocycles. The highest BCUT2D eigenvalue weighted by atomic mass is 32.3. The molecule has 188 valence electrons. The van der Waals surface area contributed by atoms with Gasteiger partial charge in [-0.25, -0.2) is 19.0 Å². The fourth-order valence-corrected chi connectivity index (χ4v) is 7.83. The third kappa shape index (κ3) is 5.21. The van der Waals surface area contributed by atoms with Gasteiger partial charge in [0, 0.05) is 18.2 Å². The number of carboxylic acid groups (broad SMARTS) is 1. The summed E-state index contributed by atoms with van der Waals surface area (Å²) in [7, 11) is -4.65. The zero-order valence-corrected chi connectivity index (χ0v) is 20.9. The number of carboxylic acids is 1. The van der Waals surface area contributed by atoms with Gasteiger partial charge < -0.3 is 18.9 Å². The zero-order valence-electron chi connectivity index (χ0n) is 20.0. The first-order valence-corrected chi connectivity index (χ1v) is 13.9. The van der Waals surface area contributed by atoms with Crippen LogP contribution in [0.1, 0.15) is 47.1 Å². The Labute approximate surface area is 205 Å². The maximum atomic E-state index is 13.7. The molecule has 0 amide bonds. The van der Waals surface area contributed by atoms with E-state index in [-0.39, 0.29) is 30.6 Å².